The Morgan fingerprint density at radius 1 is 1.03 bits per heavy atom. The van der Waals surface area contributed by atoms with E-state index in [4.69, 9.17) is 0 Å². The van der Waals surface area contributed by atoms with Gasteiger partial charge in [-0.2, -0.15) is 0 Å². The van der Waals surface area contributed by atoms with Crippen molar-refractivity contribution in [2.75, 3.05) is 13.1 Å². The van der Waals surface area contributed by atoms with Gasteiger partial charge in [0, 0.05) is 56.9 Å². The van der Waals surface area contributed by atoms with Gasteiger partial charge in [-0.3, -0.25) is 19.4 Å². The second-order valence-corrected chi connectivity index (χ2v) is 9.37. The first-order chi connectivity index (χ1) is 16.9. The largest absolute Gasteiger partial charge is 0.352 e. The van der Waals surface area contributed by atoms with Crippen LogP contribution in [-0.2, 0) is 19.5 Å². The van der Waals surface area contributed by atoms with Crippen molar-refractivity contribution in [1.82, 2.24) is 19.8 Å². The summed E-state index contributed by atoms with van der Waals surface area (Å²) in [6, 6.07) is 13.5. The fourth-order valence-electron chi connectivity index (χ4n) is 4.23. The van der Waals surface area contributed by atoms with Crippen molar-refractivity contribution >= 4 is 11.8 Å². The van der Waals surface area contributed by atoms with Crippen LogP contribution in [0.5, 0.6) is 0 Å². The minimum Gasteiger partial charge on any atom is -0.352 e. The van der Waals surface area contributed by atoms with Crippen LogP contribution < -0.4 is 10.7 Å². The van der Waals surface area contributed by atoms with Crippen LogP contribution in [0.15, 0.2) is 65.8 Å². The zero-order valence-electron chi connectivity index (χ0n) is 20.4. The number of pyridine rings is 2. The maximum atomic E-state index is 13.3. The molecule has 0 radical (unpaired) electrons. The molecule has 2 aromatic heterocycles. The van der Waals surface area contributed by atoms with Crippen LogP contribution in [0.2, 0.25) is 0 Å². The molecular formula is C28H32N4O3. The van der Waals surface area contributed by atoms with E-state index >= 15 is 0 Å². The summed E-state index contributed by atoms with van der Waals surface area (Å²) in [6.45, 7) is 6.21. The van der Waals surface area contributed by atoms with Crippen LogP contribution in [0.1, 0.15) is 57.3 Å². The molecule has 0 atom stereocenters. The highest BCUT2D eigenvalue weighted by Gasteiger charge is 2.26. The van der Waals surface area contributed by atoms with Gasteiger partial charge >= 0.3 is 0 Å². The second kappa shape index (κ2) is 11.1. The fraction of sp³-hybridized carbons (Fsp3) is 0.357. The first kappa shape index (κ1) is 24.4. The highest BCUT2D eigenvalue weighted by molar-refractivity contribution is 5.99. The van der Waals surface area contributed by atoms with E-state index < -0.39 is 11.3 Å². The Labute approximate surface area is 205 Å². The first-order valence-electron chi connectivity index (χ1n) is 12.2. The summed E-state index contributed by atoms with van der Waals surface area (Å²) < 4.78 is 1.76. The van der Waals surface area contributed by atoms with Gasteiger partial charge in [0.05, 0.1) is 0 Å². The summed E-state index contributed by atoms with van der Waals surface area (Å²) >= 11 is 0. The van der Waals surface area contributed by atoms with Crippen molar-refractivity contribution in [3.63, 3.8) is 0 Å². The van der Waals surface area contributed by atoms with Gasteiger partial charge in [0.1, 0.15) is 11.1 Å². The number of carbonyl (C=O) groups is 2. The minimum absolute atomic E-state index is 0.0191. The van der Waals surface area contributed by atoms with Crippen molar-refractivity contribution in [2.45, 2.75) is 46.2 Å². The second-order valence-electron chi connectivity index (χ2n) is 9.37. The van der Waals surface area contributed by atoms with Crippen LogP contribution in [0.3, 0.4) is 0 Å². The third-order valence-corrected chi connectivity index (χ3v) is 6.55. The third kappa shape index (κ3) is 6.23. The number of rotatable bonds is 7. The van der Waals surface area contributed by atoms with Crippen LogP contribution in [0, 0.1) is 12.8 Å². The van der Waals surface area contributed by atoms with Gasteiger partial charge in [-0.15, -0.1) is 0 Å². The zero-order valence-corrected chi connectivity index (χ0v) is 20.4. The number of benzene rings is 1. The number of nitrogens with zero attached hydrogens (tertiary/aromatic N) is 3. The molecule has 0 saturated carbocycles. The Kier molecular flexibility index (Phi) is 7.75. The number of likely N-dealkylation sites (tertiary alicyclic amines) is 1. The molecule has 0 aliphatic carbocycles. The van der Waals surface area contributed by atoms with E-state index in [1.54, 1.807) is 28.1 Å². The lowest BCUT2D eigenvalue weighted by Crippen LogP contribution is -2.41. The number of aromatic nitrogens is 2. The Morgan fingerprint density at radius 3 is 2.43 bits per heavy atom. The number of amides is 2. The summed E-state index contributed by atoms with van der Waals surface area (Å²) in [4.78, 5) is 45.8. The van der Waals surface area contributed by atoms with Crippen LogP contribution >= 0.6 is 0 Å². The van der Waals surface area contributed by atoms with Gasteiger partial charge < -0.3 is 14.8 Å². The van der Waals surface area contributed by atoms with Gasteiger partial charge in [-0.1, -0.05) is 42.8 Å². The molecule has 1 aliphatic heterocycles. The number of piperidine rings is 1. The van der Waals surface area contributed by atoms with Crippen molar-refractivity contribution in [3.8, 4) is 0 Å². The van der Waals surface area contributed by atoms with E-state index in [0.29, 0.717) is 38.5 Å². The molecule has 0 bridgehead atoms. The Morgan fingerprint density at radius 2 is 1.74 bits per heavy atom. The lowest BCUT2D eigenvalue weighted by atomic mass is 9.98. The Bertz CT molecular complexity index is 1230. The molecule has 0 spiro atoms. The average Bonchev–Trinajstić information content (AvgIpc) is 2.88. The average molecular weight is 473 g/mol. The summed E-state index contributed by atoms with van der Waals surface area (Å²) in [5.41, 5.74) is 2.47. The lowest BCUT2D eigenvalue weighted by Gasteiger charge is -2.30. The van der Waals surface area contributed by atoms with Crippen LogP contribution in [0.4, 0.5) is 0 Å². The van der Waals surface area contributed by atoms with Crippen molar-refractivity contribution in [2.24, 2.45) is 5.92 Å². The number of carbonyl (C=O) groups excluding carboxylic acids is 2. The van der Waals surface area contributed by atoms with Crippen molar-refractivity contribution < 1.29 is 9.59 Å². The van der Waals surface area contributed by atoms with Gasteiger partial charge in [0.2, 0.25) is 5.43 Å². The standard InChI is InChI=1S/C28H32N4O3/c1-20-6-8-22(9-7-20)17-30-27(34)24-18-31(14-12-23-5-3-4-13-29-23)19-25(26(24)33)28(35)32-15-10-21(2)11-16-32/h3-9,13,18-19,21H,10-12,14-17H2,1-2H3,(H,30,34). The summed E-state index contributed by atoms with van der Waals surface area (Å²) in [7, 11) is 0. The lowest BCUT2D eigenvalue weighted by molar-refractivity contribution is 0.0695. The zero-order chi connectivity index (χ0) is 24.8. The quantitative estimate of drug-likeness (QED) is 0.570. The molecule has 7 heteroatoms. The predicted octanol–water partition coefficient (Wildman–Crippen LogP) is 3.60. The Balaban J connectivity index is 1.59. The normalized spacial score (nSPS) is 14.1. The van der Waals surface area contributed by atoms with E-state index in [0.717, 1.165) is 29.7 Å². The molecule has 3 aromatic rings. The molecule has 1 N–H and O–H groups in total. The van der Waals surface area contributed by atoms with E-state index in [1.165, 1.54) is 0 Å². The number of hydrogen-bond donors (Lipinski definition) is 1. The van der Waals surface area contributed by atoms with Crippen molar-refractivity contribution in [3.05, 3.63) is 99.2 Å². The topological polar surface area (TPSA) is 84.3 Å². The maximum Gasteiger partial charge on any atom is 0.259 e. The molecule has 1 aliphatic rings. The molecule has 1 fully saturated rings. The molecule has 4 rings (SSSR count). The van der Waals surface area contributed by atoms with E-state index in [9.17, 15) is 14.4 Å². The molecular weight excluding hydrogens is 440 g/mol. The molecule has 1 saturated heterocycles. The van der Waals surface area contributed by atoms with E-state index in [1.807, 2.05) is 49.4 Å². The van der Waals surface area contributed by atoms with Gasteiger partial charge in [-0.25, -0.2) is 0 Å². The molecule has 0 unspecified atom stereocenters. The smallest absolute Gasteiger partial charge is 0.259 e. The monoisotopic (exact) mass is 472 g/mol. The molecule has 3 heterocycles. The summed E-state index contributed by atoms with van der Waals surface area (Å²) in [6.07, 6.45) is 7.31. The predicted molar refractivity (Wildman–Crippen MR) is 135 cm³/mol. The van der Waals surface area contributed by atoms with E-state index in [-0.39, 0.29) is 17.0 Å². The molecule has 35 heavy (non-hydrogen) atoms. The molecule has 2 amide bonds. The molecule has 182 valence electrons. The van der Waals surface area contributed by atoms with Gasteiger partial charge in [-0.05, 0) is 43.4 Å². The number of nitrogens with one attached hydrogen (secondary N) is 1. The third-order valence-electron chi connectivity index (χ3n) is 6.55. The summed E-state index contributed by atoms with van der Waals surface area (Å²) in [5, 5.41) is 2.84. The molecule has 7 nitrogen and oxygen atoms in total. The fourth-order valence-corrected chi connectivity index (χ4v) is 4.23. The first-order valence-corrected chi connectivity index (χ1v) is 12.2. The highest BCUT2D eigenvalue weighted by atomic mass is 16.2. The van der Waals surface area contributed by atoms with Crippen molar-refractivity contribution in [1.29, 1.82) is 0 Å². The minimum atomic E-state index is -0.524. The SMILES string of the molecule is Cc1ccc(CNC(=O)c2cn(CCc3ccccn3)cc(C(=O)N3CCC(C)CC3)c2=O)cc1. The van der Waals surface area contributed by atoms with Gasteiger partial charge in [0.15, 0.2) is 0 Å². The number of aryl methyl sites for hydroxylation is 3. The van der Waals surface area contributed by atoms with Gasteiger partial charge in [0.25, 0.3) is 11.8 Å². The molecule has 1 aromatic carbocycles. The van der Waals surface area contributed by atoms with Crippen LogP contribution in [-0.4, -0.2) is 39.4 Å². The maximum absolute atomic E-state index is 13.3. The number of hydrogen-bond acceptors (Lipinski definition) is 4. The summed E-state index contributed by atoms with van der Waals surface area (Å²) in [5.74, 6) is -0.223. The van der Waals surface area contributed by atoms with E-state index in [2.05, 4.69) is 17.2 Å². The Hall–Kier alpha value is -3.74. The highest BCUT2D eigenvalue weighted by Crippen LogP contribution is 2.18. The van der Waals surface area contributed by atoms with Crippen LogP contribution in [0.25, 0.3) is 0 Å².